The molecule has 9 nitrogen and oxygen atoms in total. The van der Waals surface area contributed by atoms with Crippen LogP contribution < -0.4 is 10.2 Å². The third kappa shape index (κ3) is 4.47. The number of alkyl halides is 2. The lowest BCUT2D eigenvalue weighted by Crippen LogP contribution is -2.48. The van der Waals surface area contributed by atoms with Crippen LogP contribution in [0.2, 0.25) is 0 Å². The summed E-state index contributed by atoms with van der Waals surface area (Å²) in [5.74, 6) is 1.59. The second kappa shape index (κ2) is 9.66. The number of carbonyl (C=O) groups excluding carboxylic acids is 1. The van der Waals surface area contributed by atoms with Crippen LogP contribution in [0.4, 0.5) is 20.3 Å². The summed E-state index contributed by atoms with van der Waals surface area (Å²) < 4.78 is 36.6. The minimum absolute atomic E-state index is 0.0385. The van der Waals surface area contributed by atoms with Gasteiger partial charge in [-0.2, -0.15) is 10.2 Å². The van der Waals surface area contributed by atoms with E-state index in [1.54, 1.807) is 15.4 Å². The number of aromatic nitrogens is 5. The number of morpholine rings is 1. The molecule has 11 heteroatoms. The first kappa shape index (κ1) is 24.3. The zero-order valence-corrected chi connectivity index (χ0v) is 21.2. The summed E-state index contributed by atoms with van der Waals surface area (Å²) in [4.78, 5) is 20.4. The number of halogens is 2. The molecule has 2 fully saturated rings. The van der Waals surface area contributed by atoms with E-state index in [-0.39, 0.29) is 23.3 Å². The van der Waals surface area contributed by atoms with Crippen molar-refractivity contribution in [3.8, 4) is 0 Å². The maximum atomic E-state index is 13.9. The average Bonchev–Trinajstić information content (AvgIpc) is 3.51. The fraction of sp³-hybridized carbons (Fsp3) is 0.615. The Kier molecular flexibility index (Phi) is 6.34. The van der Waals surface area contributed by atoms with Crippen LogP contribution in [0.5, 0.6) is 0 Å². The van der Waals surface area contributed by atoms with E-state index in [2.05, 4.69) is 34.3 Å². The molecule has 1 saturated carbocycles. The van der Waals surface area contributed by atoms with Gasteiger partial charge in [-0.25, -0.2) is 18.3 Å². The zero-order valence-electron chi connectivity index (χ0n) is 21.2. The summed E-state index contributed by atoms with van der Waals surface area (Å²) in [6, 6.07) is 0.330. The number of nitrogens with one attached hydrogen (secondary N) is 1. The molecule has 1 N–H and O–H groups in total. The Hall–Kier alpha value is -3.08. The molecule has 3 aromatic rings. The van der Waals surface area contributed by atoms with E-state index in [4.69, 9.17) is 9.72 Å². The molecule has 198 valence electrons. The van der Waals surface area contributed by atoms with Crippen LogP contribution in [0.15, 0.2) is 18.6 Å². The Morgan fingerprint density at radius 2 is 1.95 bits per heavy atom. The number of aryl methyl sites for hydroxylation is 1. The highest BCUT2D eigenvalue weighted by molar-refractivity contribution is 6.08. The molecule has 1 aliphatic carbocycles. The van der Waals surface area contributed by atoms with Gasteiger partial charge in [-0.05, 0) is 50.4 Å². The van der Waals surface area contributed by atoms with Crippen molar-refractivity contribution in [3.05, 3.63) is 35.4 Å². The van der Waals surface area contributed by atoms with Crippen molar-refractivity contribution < 1.29 is 18.3 Å². The molecule has 3 aliphatic rings. The van der Waals surface area contributed by atoms with Crippen LogP contribution in [0.25, 0.3) is 5.65 Å². The van der Waals surface area contributed by atoms with Crippen molar-refractivity contribution in [2.45, 2.75) is 70.9 Å². The number of ether oxygens (including phenoxy) is 1. The third-order valence-electron chi connectivity index (χ3n) is 8.31. The number of amides is 1. The molecule has 1 amide bonds. The van der Waals surface area contributed by atoms with Crippen LogP contribution in [-0.4, -0.2) is 56.1 Å². The summed E-state index contributed by atoms with van der Waals surface area (Å²) in [7, 11) is 0. The van der Waals surface area contributed by atoms with E-state index < -0.39 is 18.0 Å². The number of hydrogen-bond acceptors (Lipinski definition) is 6. The maximum Gasteiger partial charge on any atom is 0.284 e. The van der Waals surface area contributed by atoms with Crippen LogP contribution in [0, 0.1) is 11.8 Å². The summed E-state index contributed by atoms with van der Waals surface area (Å²) in [5.41, 5.74) is 1.35. The molecule has 37 heavy (non-hydrogen) atoms. The highest BCUT2D eigenvalue weighted by Gasteiger charge is 2.32. The minimum Gasteiger partial charge on any atom is -0.377 e. The van der Waals surface area contributed by atoms with E-state index in [0.717, 1.165) is 56.5 Å². The minimum atomic E-state index is -2.80. The van der Waals surface area contributed by atoms with Gasteiger partial charge in [0.15, 0.2) is 11.3 Å². The van der Waals surface area contributed by atoms with Gasteiger partial charge >= 0.3 is 0 Å². The summed E-state index contributed by atoms with van der Waals surface area (Å²) in [6.07, 6.45) is 7.85. The number of nitrogens with zero attached hydrogens (tertiary/aromatic N) is 6. The van der Waals surface area contributed by atoms with Crippen molar-refractivity contribution in [2.75, 3.05) is 30.0 Å². The molecule has 0 spiro atoms. The van der Waals surface area contributed by atoms with E-state index in [9.17, 15) is 13.6 Å². The van der Waals surface area contributed by atoms with Crippen molar-refractivity contribution in [3.63, 3.8) is 0 Å². The normalized spacial score (nSPS) is 23.9. The predicted molar refractivity (Wildman–Crippen MR) is 134 cm³/mol. The van der Waals surface area contributed by atoms with Gasteiger partial charge in [-0.1, -0.05) is 13.8 Å². The topological polar surface area (TPSA) is 89.6 Å². The van der Waals surface area contributed by atoms with Gasteiger partial charge in [0.25, 0.3) is 12.3 Å². The highest BCUT2D eigenvalue weighted by Crippen LogP contribution is 2.37. The molecule has 0 bridgehead atoms. The van der Waals surface area contributed by atoms with Crippen LogP contribution in [0.1, 0.15) is 80.0 Å². The van der Waals surface area contributed by atoms with Crippen LogP contribution in [0.3, 0.4) is 0 Å². The summed E-state index contributed by atoms with van der Waals surface area (Å²) >= 11 is 0. The molecule has 2 aliphatic heterocycles. The van der Waals surface area contributed by atoms with Gasteiger partial charge < -0.3 is 15.0 Å². The van der Waals surface area contributed by atoms with Crippen molar-refractivity contribution in [2.24, 2.45) is 11.8 Å². The lowest BCUT2D eigenvalue weighted by Gasteiger charge is -2.40. The molecule has 1 saturated heterocycles. The fourth-order valence-corrected chi connectivity index (χ4v) is 6.09. The first-order valence-corrected chi connectivity index (χ1v) is 13.3. The zero-order chi connectivity index (χ0) is 25.7. The van der Waals surface area contributed by atoms with E-state index in [1.807, 2.05) is 6.20 Å². The first-order chi connectivity index (χ1) is 17.9. The number of fused-ring (bicyclic) bond motifs is 4. The maximum absolute atomic E-state index is 13.9. The molecule has 1 unspecified atom stereocenters. The number of carbonyl (C=O) groups is 1. The van der Waals surface area contributed by atoms with Crippen LogP contribution >= 0.6 is 0 Å². The van der Waals surface area contributed by atoms with E-state index in [1.165, 1.54) is 6.20 Å². The lowest BCUT2D eigenvalue weighted by atomic mass is 9.80. The first-order valence-electron chi connectivity index (χ1n) is 13.3. The molecule has 5 heterocycles. The highest BCUT2D eigenvalue weighted by atomic mass is 19.3. The Morgan fingerprint density at radius 3 is 2.70 bits per heavy atom. The van der Waals surface area contributed by atoms with Crippen molar-refractivity contribution in [1.82, 2.24) is 24.4 Å². The van der Waals surface area contributed by atoms with Gasteiger partial charge in [-0.3, -0.25) is 9.48 Å². The van der Waals surface area contributed by atoms with Crippen molar-refractivity contribution in [1.29, 1.82) is 0 Å². The SMILES string of the molecule is CC(C)[C@H]1CC[C@H](n2cc(NC(=O)c3cnn4cc5c(nc34)N3CCOCC3CC5)c(C(F)F)n2)CC1. The molecule has 1 atom stereocenters. The average molecular weight is 514 g/mol. The quantitative estimate of drug-likeness (QED) is 0.534. The second-order valence-electron chi connectivity index (χ2n) is 10.9. The second-order valence-corrected chi connectivity index (χ2v) is 10.9. The standard InChI is InChI=1S/C26H33F2N7O2/c1-15(2)16-3-6-18(7-4-16)34-13-21(22(32-34)23(27)28)30-26(36)20-11-29-35-12-17-5-8-19-14-37-10-9-33(19)24(17)31-25(20)35/h11-13,15-16,18-19,23H,3-10,14H2,1-2H3,(H,30,36)/t16-,18-,19?. The van der Waals surface area contributed by atoms with Gasteiger partial charge in [0.2, 0.25) is 0 Å². The van der Waals surface area contributed by atoms with Gasteiger partial charge in [0.1, 0.15) is 11.4 Å². The molecule has 0 aromatic carbocycles. The molecular weight excluding hydrogens is 480 g/mol. The van der Waals surface area contributed by atoms with Gasteiger partial charge in [-0.15, -0.1) is 0 Å². The Morgan fingerprint density at radius 1 is 1.14 bits per heavy atom. The number of hydrogen-bond donors (Lipinski definition) is 1. The van der Waals surface area contributed by atoms with Gasteiger partial charge in [0.05, 0.1) is 37.2 Å². The Bertz CT molecular complexity index is 1300. The molecule has 3 aromatic heterocycles. The molecule has 0 radical (unpaired) electrons. The molecular formula is C26H33F2N7O2. The number of anilines is 2. The Balaban J connectivity index is 1.26. The molecule has 6 rings (SSSR count). The number of rotatable bonds is 5. The smallest absolute Gasteiger partial charge is 0.284 e. The monoisotopic (exact) mass is 513 g/mol. The largest absolute Gasteiger partial charge is 0.377 e. The summed E-state index contributed by atoms with van der Waals surface area (Å²) in [6.45, 7) is 6.50. The predicted octanol–water partition coefficient (Wildman–Crippen LogP) is 4.65. The van der Waals surface area contributed by atoms with Gasteiger partial charge in [0, 0.05) is 24.5 Å². The van der Waals surface area contributed by atoms with Crippen LogP contribution in [-0.2, 0) is 11.2 Å². The Labute approximate surface area is 214 Å². The van der Waals surface area contributed by atoms with E-state index >= 15 is 0 Å². The summed E-state index contributed by atoms with van der Waals surface area (Å²) in [5, 5.41) is 11.2. The van der Waals surface area contributed by atoms with E-state index in [0.29, 0.717) is 30.7 Å². The van der Waals surface area contributed by atoms with Crippen molar-refractivity contribution >= 4 is 23.1 Å². The fourth-order valence-electron chi connectivity index (χ4n) is 6.09. The lowest BCUT2D eigenvalue weighted by molar-refractivity contribution is 0.0891. The third-order valence-corrected chi connectivity index (χ3v) is 8.31.